The molecular formula is C20H28N2O6. The molecule has 1 saturated heterocycles. The molecule has 2 rings (SSSR count). The van der Waals surface area contributed by atoms with Gasteiger partial charge in [-0.2, -0.15) is 0 Å². The summed E-state index contributed by atoms with van der Waals surface area (Å²) in [4.78, 5) is 39.2. The van der Waals surface area contributed by atoms with Gasteiger partial charge in [-0.15, -0.1) is 0 Å². The smallest absolute Gasteiger partial charge is 0.410 e. The van der Waals surface area contributed by atoms with Crippen molar-refractivity contribution < 1.29 is 29.0 Å². The fourth-order valence-electron chi connectivity index (χ4n) is 3.24. The molecule has 1 atom stereocenters. The Morgan fingerprint density at radius 2 is 2.00 bits per heavy atom. The third-order valence-electron chi connectivity index (χ3n) is 4.65. The van der Waals surface area contributed by atoms with E-state index in [4.69, 9.17) is 14.6 Å². The largest absolute Gasteiger partial charge is 0.480 e. The van der Waals surface area contributed by atoms with Crippen molar-refractivity contribution in [1.82, 2.24) is 9.80 Å². The molecule has 154 valence electrons. The lowest BCUT2D eigenvalue weighted by atomic mass is 9.96. The van der Waals surface area contributed by atoms with E-state index in [0.717, 1.165) is 5.56 Å². The van der Waals surface area contributed by atoms with Crippen LogP contribution >= 0.6 is 0 Å². The molecule has 8 heteroatoms. The Morgan fingerprint density at radius 1 is 1.25 bits per heavy atom. The van der Waals surface area contributed by atoms with E-state index < -0.39 is 18.0 Å². The fraction of sp³-hybridized carbons (Fsp3) is 0.550. The monoisotopic (exact) mass is 392 g/mol. The molecule has 0 aromatic heterocycles. The molecule has 0 spiro atoms. The molecule has 0 unspecified atom stereocenters. The zero-order valence-electron chi connectivity index (χ0n) is 16.2. The van der Waals surface area contributed by atoms with Crippen LogP contribution in [0.1, 0.15) is 24.8 Å². The number of methoxy groups -OCH3 is 1. The van der Waals surface area contributed by atoms with Crippen molar-refractivity contribution in [2.75, 3.05) is 39.9 Å². The molecule has 1 aliphatic heterocycles. The summed E-state index contributed by atoms with van der Waals surface area (Å²) in [7, 11) is 1.56. The lowest BCUT2D eigenvalue weighted by Crippen LogP contribution is -2.48. The number of hydrogen-bond donors (Lipinski definition) is 1. The number of carboxylic acid groups (broad SMARTS) is 1. The van der Waals surface area contributed by atoms with Gasteiger partial charge in [0.1, 0.15) is 13.2 Å². The summed E-state index contributed by atoms with van der Waals surface area (Å²) in [6.07, 6.45) is 1.41. The number of benzene rings is 1. The van der Waals surface area contributed by atoms with Crippen molar-refractivity contribution in [2.45, 2.75) is 25.9 Å². The van der Waals surface area contributed by atoms with E-state index in [2.05, 4.69) is 0 Å². The van der Waals surface area contributed by atoms with Crippen LogP contribution in [-0.2, 0) is 25.7 Å². The SMILES string of the molecule is COCCCN(CC(=O)O)C(=O)[C@@H]1CCCN(C(=O)OCc2ccccc2)C1. The number of rotatable bonds is 9. The van der Waals surface area contributed by atoms with Crippen LogP contribution in [0, 0.1) is 5.92 Å². The Bertz CT molecular complexity index is 651. The van der Waals surface area contributed by atoms with Gasteiger partial charge >= 0.3 is 12.1 Å². The van der Waals surface area contributed by atoms with Gasteiger partial charge in [-0.3, -0.25) is 9.59 Å². The molecule has 8 nitrogen and oxygen atoms in total. The quantitative estimate of drug-likeness (QED) is 0.646. The minimum absolute atomic E-state index is 0.178. The van der Waals surface area contributed by atoms with Gasteiger partial charge in [0, 0.05) is 33.4 Å². The number of carbonyl (C=O) groups excluding carboxylic acids is 2. The number of nitrogens with zero attached hydrogens (tertiary/aromatic N) is 2. The number of carbonyl (C=O) groups is 3. The van der Waals surface area contributed by atoms with Crippen LogP contribution in [0.5, 0.6) is 0 Å². The topological polar surface area (TPSA) is 96.4 Å². The maximum absolute atomic E-state index is 12.8. The van der Waals surface area contributed by atoms with Crippen LogP contribution in [0.25, 0.3) is 0 Å². The van der Waals surface area contributed by atoms with Crippen LogP contribution in [-0.4, -0.2) is 72.8 Å². The molecule has 2 amide bonds. The van der Waals surface area contributed by atoms with Gasteiger partial charge in [0.25, 0.3) is 0 Å². The first kappa shape index (κ1) is 21.7. The van der Waals surface area contributed by atoms with Gasteiger partial charge in [0.2, 0.25) is 5.91 Å². The van der Waals surface area contributed by atoms with Crippen molar-refractivity contribution in [2.24, 2.45) is 5.92 Å². The van der Waals surface area contributed by atoms with Crippen molar-refractivity contribution in [1.29, 1.82) is 0 Å². The second kappa shape index (κ2) is 11.3. The summed E-state index contributed by atoms with van der Waals surface area (Å²) >= 11 is 0. The standard InChI is InChI=1S/C20H28N2O6/c1-27-12-6-11-21(14-18(23)24)19(25)17-9-5-10-22(13-17)20(26)28-15-16-7-3-2-4-8-16/h2-4,7-8,17H,5-6,9-15H2,1H3,(H,23,24)/t17-/m1/s1. The minimum Gasteiger partial charge on any atom is -0.480 e. The first-order valence-electron chi connectivity index (χ1n) is 9.46. The van der Waals surface area contributed by atoms with Crippen LogP contribution in [0.2, 0.25) is 0 Å². The van der Waals surface area contributed by atoms with Gasteiger partial charge in [-0.05, 0) is 24.8 Å². The molecule has 1 aromatic carbocycles. The van der Waals surface area contributed by atoms with E-state index >= 15 is 0 Å². The third kappa shape index (κ3) is 6.84. The average Bonchev–Trinajstić information content (AvgIpc) is 2.71. The molecule has 0 aliphatic carbocycles. The van der Waals surface area contributed by atoms with Gasteiger partial charge in [-0.1, -0.05) is 30.3 Å². The number of hydrogen-bond acceptors (Lipinski definition) is 5. The highest BCUT2D eigenvalue weighted by Gasteiger charge is 2.32. The molecule has 1 aromatic rings. The number of aliphatic carboxylic acids is 1. The number of ether oxygens (including phenoxy) is 2. The van der Waals surface area contributed by atoms with E-state index in [1.54, 1.807) is 7.11 Å². The molecule has 28 heavy (non-hydrogen) atoms. The van der Waals surface area contributed by atoms with Crippen LogP contribution in [0.3, 0.4) is 0 Å². The van der Waals surface area contributed by atoms with Gasteiger partial charge in [-0.25, -0.2) is 4.79 Å². The maximum Gasteiger partial charge on any atom is 0.410 e. The molecule has 1 heterocycles. The third-order valence-corrected chi connectivity index (χ3v) is 4.65. The normalized spacial score (nSPS) is 16.5. The van der Waals surface area contributed by atoms with Gasteiger partial charge in [0.05, 0.1) is 5.92 Å². The van der Waals surface area contributed by atoms with E-state index in [1.807, 2.05) is 30.3 Å². The average molecular weight is 392 g/mol. The number of likely N-dealkylation sites (tertiary alicyclic amines) is 1. The van der Waals surface area contributed by atoms with E-state index in [9.17, 15) is 14.4 Å². The Labute approximate surface area is 165 Å². The molecule has 0 bridgehead atoms. The molecule has 1 fully saturated rings. The number of piperidine rings is 1. The summed E-state index contributed by atoms with van der Waals surface area (Å²) < 4.78 is 10.3. The molecule has 0 radical (unpaired) electrons. The predicted molar refractivity (Wildman–Crippen MR) is 102 cm³/mol. The molecule has 0 saturated carbocycles. The first-order chi connectivity index (χ1) is 13.5. The van der Waals surface area contributed by atoms with Crippen molar-refractivity contribution in [3.63, 3.8) is 0 Å². The van der Waals surface area contributed by atoms with Crippen LogP contribution < -0.4 is 0 Å². The Kier molecular flexibility index (Phi) is 8.74. The molecule has 1 aliphatic rings. The second-order valence-electron chi connectivity index (χ2n) is 6.83. The Hall–Kier alpha value is -2.61. The van der Waals surface area contributed by atoms with Crippen molar-refractivity contribution in [3.05, 3.63) is 35.9 Å². The van der Waals surface area contributed by atoms with E-state index in [1.165, 1.54) is 9.80 Å². The van der Waals surface area contributed by atoms with Gasteiger partial charge < -0.3 is 24.4 Å². The maximum atomic E-state index is 12.8. The highest BCUT2D eigenvalue weighted by atomic mass is 16.6. The fourth-order valence-corrected chi connectivity index (χ4v) is 3.24. The van der Waals surface area contributed by atoms with Crippen molar-refractivity contribution in [3.8, 4) is 0 Å². The summed E-state index contributed by atoms with van der Waals surface area (Å²) in [5, 5.41) is 9.10. The first-order valence-corrected chi connectivity index (χ1v) is 9.46. The lowest BCUT2D eigenvalue weighted by molar-refractivity contribution is -0.147. The minimum atomic E-state index is -1.05. The molecule has 1 N–H and O–H groups in total. The number of amides is 2. The zero-order valence-corrected chi connectivity index (χ0v) is 16.2. The number of carboxylic acids is 1. The summed E-state index contributed by atoms with van der Waals surface area (Å²) in [5.74, 6) is -1.71. The van der Waals surface area contributed by atoms with E-state index in [0.29, 0.717) is 39.0 Å². The highest BCUT2D eigenvalue weighted by Crippen LogP contribution is 2.20. The zero-order chi connectivity index (χ0) is 20.4. The lowest BCUT2D eigenvalue weighted by Gasteiger charge is -2.34. The second-order valence-corrected chi connectivity index (χ2v) is 6.83. The van der Waals surface area contributed by atoms with Crippen LogP contribution in [0.4, 0.5) is 4.79 Å². The predicted octanol–water partition coefficient (Wildman–Crippen LogP) is 1.98. The summed E-state index contributed by atoms with van der Waals surface area (Å²) in [6, 6.07) is 9.39. The van der Waals surface area contributed by atoms with Crippen LogP contribution in [0.15, 0.2) is 30.3 Å². The molecular weight excluding hydrogens is 364 g/mol. The van der Waals surface area contributed by atoms with Crippen molar-refractivity contribution >= 4 is 18.0 Å². The van der Waals surface area contributed by atoms with E-state index in [-0.39, 0.29) is 25.6 Å². The highest BCUT2D eigenvalue weighted by molar-refractivity contribution is 5.84. The Balaban J connectivity index is 1.90. The summed E-state index contributed by atoms with van der Waals surface area (Å²) in [5.41, 5.74) is 0.895. The van der Waals surface area contributed by atoms with Gasteiger partial charge in [0.15, 0.2) is 0 Å². The summed E-state index contributed by atoms with van der Waals surface area (Å²) in [6.45, 7) is 1.36. The Morgan fingerprint density at radius 3 is 2.68 bits per heavy atom.